The molecule has 0 radical (unpaired) electrons. The molecule has 0 N–H and O–H groups in total. The van der Waals surface area contributed by atoms with E-state index in [9.17, 15) is 0 Å². The number of hydrogen-bond donors (Lipinski definition) is 0. The molecule has 4 nitrogen and oxygen atoms in total. The quantitative estimate of drug-likeness (QED) is 0.677. The van der Waals surface area contributed by atoms with Gasteiger partial charge in [0.05, 0.1) is 0 Å². The van der Waals surface area contributed by atoms with Gasteiger partial charge in [-0.05, 0) is 52.6 Å². The lowest BCUT2D eigenvalue weighted by Gasteiger charge is -2.14. The zero-order valence-corrected chi connectivity index (χ0v) is 15.0. The third-order valence-corrected chi connectivity index (χ3v) is 4.11. The van der Waals surface area contributed by atoms with Crippen molar-refractivity contribution in [2.24, 2.45) is 0 Å². The van der Waals surface area contributed by atoms with Gasteiger partial charge < -0.3 is 9.47 Å². The minimum atomic E-state index is 0.265. The molecule has 0 aliphatic rings. The van der Waals surface area contributed by atoms with Crippen molar-refractivity contribution in [3.63, 3.8) is 0 Å². The maximum Gasteiger partial charge on any atom is 0.292 e. The van der Waals surface area contributed by atoms with Crippen LogP contribution in [0.3, 0.4) is 0 Å². The molecule has 25 heavy (non-hydrogen) atoms. The highest BCUT2D eigenvalue weighted by Crippen LogP contribution is 2.31. The Morgan fingerprint density at radius 1 is 0.760 bits per heavy atom. The standard InChI is InChI=1S/C21H22N2O2/c1-14(2)18-10-16(5-7-20(18)24-12-22)9-17-6-8-21(25-13-23)19(11-17)15(3)4/h5-8,10-11,14-15H,9H2,1-4H3. The maximum atomic E-state index is 8.78. The fourth-order valence-electron chi connectivity index (χ4n) is 2.84. The van der Waals surface area contributed by atoms with Crippen LogP contribution in [0.1, 0.15) is 61.8 Å². The monoisotopic (exact) mass is 334 g/mol. The van der Waals surface area contributed by atoms with Crippen LogP contribution in [-0.2, 0) is 6.42 Å². The Hall–Kier alpha value is -2.98. The first-order chi connectivity index (χ1) is 12.0. The summed E-state index contributed by atoms with van der Waals surface area (Å²) in [6, 6.07) is 11.8. The molecule has 128 valence electrons. The molecule has 0 spiro atoms. The Morgan fingerprint density at radius 2 is 1.16 bits per heavy atom. The van der Waals surface area contributed by atoms with Crippen LogP contribution in [0.4, 0.5) is 0 Å². The van der Waals surface area contributed by atoms with Gasteiger partial charge in [-0.2, -0.15) is 0 Å². The molecule has 0 heterocycles. The molecule has 2 rings (SSSR count). The first-order valence-corrected chi connectivity index (χ1v) is 8.33. The van der Waals surface area contributed by atoms with Gasteiger partial charge in [0.15, 0.2) is 0 Å². The van der Waals surface area contributed by atoms with E-state index in [0.29, 0.717) is 11.5 Å². The average Bonchev–Trinajstić information content (AvgIpc) is 2.57. The summed E-state index contributed by atoms with van der Waals surface area (Å²) in [6.07, 6.45) is 4.26. The van der Waals surface area contributed by atoms with Crippen LogP contribution in [0.15, 0.2) is 36.4 Å². The van der Waals surface area contributed by atoms with Gasteiger partial charge in [-0.1, -0.05) is 52.0 Å². The van der Waals surface area contributed by atoms with Crippen molar-refractivity contribution in [1.29, 1.82) is 10.5 Å². The molecule has 0 atom stereocenters. The molecule has 0 aromatic heterocycles. The van der Waals surface area contributed by atoms with Gasteiger partial charge in [0, 0.05) is 0 Å². The molecule has 2 aromatic carbocycles. The molecule has 0 fully saturated rings. The van der Waals surface area contributed by atoms with Crippen LogP contribution in [0.2, 0.25) is 0 Å². The van der Waals surface area contributed by atoms with Crippen LogP contribution in [0, 0.1) is 23.0 Å². The normalized spacial score (nSPS) is 10.4. The first-order valence-electron chi connectivity index (χ1n) is 8.33. The van der Waals surface area contributed by atoms with Gasteiger partial charge in [-0.3, -0.25) is 0 Å². The second-order valence-electron chi connectivity index (χ2n) is 6.62. The molecular formula is C21H22N2O2. The fourth-order valence-corrected chi connectivity index (χ4v) is 2.84. The Bertz CT molecular complexity index is 757. The Kier molecular flexibility index (Phi) is 6.03. The van der Waals surface area contributed by atoms with Crippen LogP contribution in [-0.4, -0.2) is 0 Å². The minimum absolute atomic E-state index is 0.265. The summed E-state index contributed by atoms with van der Waals surface area (Å²) >= 11 is 0. The van der Waals surface area contributed by atoms with E-state index in [4.69, 9.17) is 20.0 Å². The lowest BCUT2D eigenvalue weighted by molar-refractivity contribution is 0.496. The van der Waals surface area contributed by atoms with E-state index in [1.807, 2.05) is 24.3 Å². The third-order valence-electron chi connectivity index (χ3n) is 4.11. The number of nitriles is 2. The third kappa shape index (κ3) is 4.52. The van der Waals surface area contributed by atoms with Crippen molar-refractivity contribution in [3.8, 4) is 24.0 Å². The molecule has 0 saturated carbocycles. The molecule has 0 aliphatic heterocycles. The number of hydrogen-bond acceptors (Lipinski definition) is 4. The van der Waals surface area contributed by atoms with Crippen molar-refractivity contribution < 1.29 is 9.47 Å². The van der Waals surface area contributed by atoms with Crippen molar-refractivity contribution in [3.05, 3.63) is 58.7 Å². The topological polar surface area (TPSA) is 66.0 Å². The van der Waals surface area contributed by atoms with E-state index in [-0.39, 0.29) is 11.8 Å². The van der Waals surface area contributed by atoms with Gasteiger partial charge >= 0.3 is 0 Å². The summed E-state index contributed by atoms with van der Waals surface area (Å²) in [7, 11) is 0. The second kappa shape index (κ2) is 8.22. The summed E-state index contributed by atoms with van der Waals surface area (Å²) < 4.78 is 10.1. The maximum absolute atomic E-state index is 8.78. The summed E-state index contributed by atoms with van der Waals surface area (Å²) in [5.74, 6) is 1.76. The van der Waals surface area contributed by atoms with E-state index in [1.165, 1.54) is 0 Å². The highest BCUT2D eigenvalue weighted by Gasteiger charge is 2.12. The molecule has 0 saturated heterocycles. The second-order valence-corrected chi connectivity index (χ2v) is 6.62. The smallest absolute Gasteiger partial charge is 0.292 e. The van der Waals surface area contributed by atoms with Crippen molar-refractivity contribution in [1.82, 2.24) is 0 Å². The fraction of sp³-hybridized carbons (Fsp3) is 0.333. The van der Waals surface area contributed by atoms with Crippen molar-refractivity contribution in [2.45, 2.75) is 46.0 Å². The summed E-state index contributed by atoms with van der Waals surface area (Å²) in [5.41, 5.74) is 4.34. The van der Waals surface area contributed by atoms with Gasteiger partial charge in [0.1, 0.15) is 11.5 Å². The zero-order chi connectivity index (χ0) is 18.4. The molecule has 0 amide bonds. The van der Waals surface area contributed by atoms with Gasteiger partial charge in [0.2, 0.25) is 0 Å². The summed E-state index contributed by atoms with van der Waals surface area (Å²) in [5, 5.41) is 17.6. The van der Waals surface area contributed by atoms with Crippen molar-refractivity contribution in [2.75, 3.05) is 0 Å². The lowest BCUT2D eigenvalue weighted by Crippen LogP contribution is -1.99. The minimum Gasteiger partial charge on any atom is -0.388 e. The van der Waals surface area contributed by atoms with Gasteiger partial charge in [-0.15, -0.1) is 10.5 Å². The summed E-state index contributed by atoms with van der Waals surface area (Å²) in [4.78, 5) is 0. The zero-order valence-electron chi connectivity index (χ0n) is 15.0. The summed E-state index contributed by atoms with van der Waals surface area (Å²) in [6.45, 7) is 8.31. The molecule has 0 unspecified atom stereocenters. The van der Waals surface area contributed by atoms with Crippen LogP contribution in [0.5, 0.6) is 11.5 Å². The lowest BCUT2D eigenvalue weighted by atomic mass is 9.94. The van der Waals surface area contributed by atoms with E-state index >= 15 is 0 Å². The van der Waals surface area contributed by atoms with Gasteiger partial charge in [0.25, 0.3) is 12.5 Å². The SMILES string of the molecule is CC(C)c1cc(Cc2ccc(OC#N)c(C(C)C)c2)ccc1OC#N. The number of ether oxygens (including phenoxy) is 2. The number of nitrogens with zero attached hydrogens (tertiary/aromatic N) is 2. The molecular weight excluding hydrogens is 312 g/mol. The van der Waals surface area contributed by atoms with E-state index in [1.54, 1.807) is 12.5 Å². The first kappa shape index (κ1) is 18.4. The predicted octanol–water partition coefficient (Wildman–Crippen LogP) is 5.24. The van der Waals surface area contributed by atoms with E-state index in [2.05, 4.69) is 39.8 Å². The molecule has 2 aromatic rings. The molecule has 0 aliphatic carbocycles. The van der Waals surface area contributed by atoms with Gasteiger partial charge in [-0.25, -0.2) is 0 Å². The Labute approximate surface area is 149 Å². The highest BCUT2D eigenvalue weighted by molar-refractivity contribution is 5.44. The average molecular weight is 334 g/mol. The number of benzene rings is 2. The highest BCUT2D eigenvalue weighted by atomic mass is 16.5. The largest absolute Gasteiger partial charge is 0.388 e. The Morgan fingerprint density at radius 3 is 1.48 bits per heavy atom. The van der Waals surface area contributed by atoms with Crippen LogP contribution in [0.25, 0.3) is 0 Å². The molecule has 0 bridgehead atoms. The van der Waals surface area contributed by atoms with Crippen LogP contribution < -0.4 is 9.47 Å². The van der Waals surface area contributed by atoms with Crippen molar-refractivity contribution >= 4 is 0 Å². The predicted molar refractivity (Wildman–Crippen MR) is 96.4 cm³/mol. The van der Waals surface area contributed by atoms with E-state index in [0.717, 1.165) is 28.7 Å². The molecule has 4 heteroatoms. The Balaban J connectivity index is 2.33. The van der Waals surface area contributed by atoms with Crippen LogP contribution >= 0.6 is 0 Å². The number of rotatable bonds is 6. The van der Waals surface area contributed by atoms with E-state index < -0.39 is 0 Å².